The summed E-state index contributed by atoms with van der Waals surface area (Å²) in [4.78, 5) is 0. The summed E-state index contributed by atoms with van der Waals surface area (Å²) < 4.78 is 47.3. The zero-order valence-electron chi connectivity index (χ0n) is 15.5. The summed E-state index contributed by atoms with van der Waals surface area (Å²) in [5.74, 6) is -0.226. The van der Waals surface area contributed by atoms with E-state index in [-0.39, 0.29) is 18.8 Å². The maximum atomic E-state index is 12.4. The number of hydrogen-bond donors (Lipinski definition) is 3. The molecule has 0 heterocycles. The quantitative estimate of drug-likeness (QED) is 0.680. The summed E-state index contributed by atoms with van der Waals surface area (Å²) in [7, 11) is 0. The lowest BCUT2D eigenvalue weighted by atomic mass is 9.83. The Kier molecular flexibility index (Phi) is 6.66. The van der Waals surface area contributed by atoms with Crippen molar-refractivity contribution in [1.82, 2.24) is 0 Å². The third-order valence-corrected chi connectivity index (χ3v) is 4.97. The van der Waals surface area contributed by atoms with E-state index in [9.17, 15) is 28.5 Å². The molecule has 4 atom stereocenters. The van der Waals surface area contributed by atoms with E-state index in [1.165, 1.54) is 18.2 Å². The van der Waals surface area contributed by atoms with Crippen LogP contribution in [0.25, 0.3) is 0 Å². The van der Waals surface area contributed by atoms with Crippen LogP contribution in [-0.4, -0.2) is 46.6 Å². The van der Waals surface area contributed by atoms with Gasteiger partial charge >= 0.3 is 6.36 Å². The molecule has 0 unspecified atom stereocenters. The van der Waals surface area contributed by atoms with Crippen molar-refractivity contribution < 1.29 is 38.0 Å². The van der Waals surface area contributed by atoms with Crippen molar-refractivity contribution in [3.05, 3.63) is 59.7 Å². The second-order valence-electron chi connectivity index (χ2n) is 7.19. The Morgan fingerprint density at radius 2 is 1.76 bits per heavy atom. The summed E-state index contributed by atoms with van der Waals surface area (Å²) in [6, 6.07) is 12.9. The van der Waals surface area contributed by atoms with Gasteiger partial charge in [-0.2, -0.15) is 0 Å². The first-order valence-corrected chi connectivity index (χ1v) is 9.31. The molecular weight excluding hydrogens is 389 g/mol. The van der Waals surface area contributed by atoms with Gasteiger partial charge in [-0.15, -0.1) is 13.2 Å². The highest BCUT2D eigenvalue weighted by Gasteiger charge is 2.36. The molecule has 0 spiro atoms. The molecule has 1 saturated carbocycles. The van der Waals surface area contributed by atoms with Gasteiger partial charge in [0.2, 0.25) is 0 Å². The third-order valence-electron chi connectivity index (χ3n) is 4.97. The average Bonchev–Trinajstić information content (AvgIpc) is 2.65. The van der Waals surface area contributed by atoms with Crippen LogP contribution in [0.15, 0.2) is 48.5 Å². The highest BCUT2D eigenvalue weighted by atomic mass is 19.4. The minimum absolute atomic E-state index is 0.223. The third kappa shape index (κ3) is 5.85. The molecule has 1 aliphatic rings. The molecule has 5 nitrogen and oxygen atoms in total. The molecule has 0 radical (unpaired) electrons. The van der Waals surface area contributed by atoms with Gasteiger partial charge in [0.05, 0.1) is 12.2 Å². The Labute approximate surface area is 166 Å². The summed E-state index contributed by atoms with van der Waals surface area (Å²) in [5, 5.41) is 29.3. The summed E-state index contributed by atoms with van der Waals surface area (Å²) in [5.41, 5.74) is 1.38. The fourth-order valence-electron chi connectivity index (χ4n) is 3.59. The number of rotatable bonds is 6. The van der Waals surface area contributed by atoms with Crippen LogP contribution in [-0.2, 0) is 6.42 Å². The van der Waals surface area contributed by atoms with E-state index in [1.54, 1.807) is 24.3 Å². The van der Waals surface area contributed by atoms with Crippen LogP contribution in [0.1, 0.15) is 24.0 Å². The van der Waals surface area contributed by atoms with Crippen molar-refractivity contribution >= 4 is 0 Å². The van der Waals surface area contributed by atoms with E-state index >= 15 is 0 Å². The first-order chi connectivity index (χ1) is 13.7. The van der Waals surface area contributed by atoms with Crippen molar-refractivity contribution in [2.75, 3.05) is 6.61 Å². The number of ether oxygens (including phenoxy) is 2. The molecule has 0 aliphatic heterocycles. The average molecular weight is 412 g/mol. The standard InChI is InChI=1S/C21H23F3O5/c22-21(23,24)29-16-6-3-4-13(9-16)8-14-5-1-2-7-19(14)28-17-10-15(12-25)20(27)18(26)11-17/h1-7,9,15,17-18,20,25-27H,8,10-12H2/t15-,17-,18-,20-/m1/s1. The predicted octanol–water partition coefficient (Wildman–Crippen LogP) is 3.05. The first-order valence-electron chi connectivity index (χ1n) is 9.31. The number of aliphatic hydroxyl groups is 3. The molecule has 29 heavy (non-hydrogen) atoms. The van der Waals surface area contributed by atoms with Gasteiger partial charge in [0.15, 0.2) is 0 Å². The Hall–Kier alpha value is -2.29. The van der Waals surface area contributed by atoms with E-state index in [4.69, 9.17) is 4.74 Å². The van der Waals surface area contributed by atoms with Gasteiger partial charge in [-0.1, -0.05) is 30.3 Å². The molecular formula is C21H23F3O5. The topological polar surface area (TPSA) is 79.2 Å². The van der Waals surface area contributed by atoms with E-state index in [2.05, 4.69) is 4.74 Å². The van der Waals surface area contributed by atoms with Crippen LogP contribution in [0.5, 0.6) is 11.5 Å². The largest absolute Gasteiger partial charge is 0.573 e. The lowest BCUT2D eigenvalue weighted by Crippen LogP contribution is -2.46. The van der Waals surface area contributed by atoms with Gasteiger partial charge in [0.1, 0.15) is 17.6 Å². The van der Waals surface area contributed by atoms with Crippen LogP contribution in [0.3, 0.4) is 0 Å². The van der Waals surface area contributed by atoms with Crippen LogP contribution in [0.4, 0.5) is 13.2 Å². The van der Waals surface area contributed by atoms with Gasteiger partial charge in [0, 0.05) is 25.4 Å². The molecule has 1 aliphatic carbocycles. The Balaban J connectivity index is 1.74. The Morgan fingerprint density at radius 1 is 1.00 bits per heavy atom. The number of hydrogen-bond acceptors (Lipinski definition) is 5. The van der Waals surface area contributed by atoms with Crippen molar-refractivity contribution in [3.63, 3.8) is 0 Å². The SMILES string of the molecule is OC[C@H]1C[C@@H](Oc2ccccc2Cc2cccc(OC(F)(F)F)c2)C[C@@H](O)[C@@H]1O. The minimum atomic E-state index is -4.75. The summed E-state index contributed by atoms with van der Waals surface area (Å²) in [6.07, 6.45) is -6.20. The normalized spacial score (nSPS) is 24.9. The monoisotopic (exact) mass is 412 g/mol. The zero-order valence-corrected chi connectivity index (χ0v) is 15.5. The lowest BCUT2D eigenvalue weighted by molar-refractivity contribution is -0.274. The fraction of sp³-hybridized carbons (Fsp3) is 0.429. The molecule has 0 amide bonds. The molecule has 1 fully saturated rings. The molecule has 3 N–H and O–H groups in total. The number of halogens is 3. The van der Waals surface area contributed by atoms with Gasteiger partial charge in [0.25, 0.3) is 0 Å². The van der Waals surface area contributed by atoms with Crippen molar-refractivity contribution in [2.45, 2.75) is 43.9 Å². The van der Waals surface area contributed by atoms with Crippen LogP contribution in [0, 0.1) is 5.92 Å². The highest BCUT2D eigenvalue weighted by molar-refractivity contribution is 5.39. The second-order valence-corrected chi connectivity index (χ2v) is 7.19. The van der Waals surface area contributed by atoms with Gasteiger partial charge in [-0.05, 0) is 35.7 Å². The molecule has 0 aromatic heterocycles. The van der Waals surface area contributed by atoms with E-state index in [1.807, 2.05) is 6.07 Å². The van der Waals surface area contributed by atoms with E-state index in [0.29, 0.717) is 24.2 Å². The molecule has 2 aromatic rings. The number of benzene rings is 2. The van der Waals surface area contributed by atoms with Crippen molar-refractivity contribution in [1.29, 1.82) is 0 Å². The van der Waals surface area contributed by atoms with E-state index < -0.39 is 30.6 Å². The lowest BCUT2D eigenvalue weighted by Gasteiger charge is -2.36. The zero-order chi connectivity index (χ0) is 21.0. The predicted molar refractivity (Wildman–Crippen MR) is 98.6 cm³/mol. The number of para-hydroxylation sites is 1. The van der Waals surface area contributed by atoms with Crippen LogP contribution < -0.4 is 9.47 Å². The molecule has 8 heteroatoms. The maximum Gasteiger partial charge on any atom is 0.573 e. The molecule has 2 aromatic carbocycles. The van der Waals surface area contributed by atoms with Crippen molar-refractivity contribution in [2.24, 2.45) is 5.92 Å². The smallest absolute Gasteiger partial charge is 0.490 e. The highest BCUT2D eigenvalue weighted by Crippen LogP contribution is 2.31. The number of aliphatic hydroxyl groups excluding tert-OH is 3. The van der Waals surface area contributed by atoms with Crippen LogP contribution >= 0.6 is 0 Å². The Morgan fingerprint density at radius 3 is 2.48 bits per heavy atom. The van der Waals surface area contributed by atoms with Gasteiger partial charge in [-0.3, -0.25) is 0 Å². The second kappa shape index (κ2) is 9.02. The minimum Gasteiger partial charge on any atom is -0.490 e. The van der Waals surface area contributed by atoms with Crippen molar-refractivity contribution in [3.8, 4) is 11.5 Å². The van der Waals surface area contributed by atoms with Gasteiger partial charge < -0.3 is 24.8 Å². The maximum absolute atomic E-state index is 12.4. The first kappa shape index (κ1) is 21.4. The van der Waals surface area contributed by atoms with Crippen LogP contribution in [0.2, 0.25) is 0 Å². The summed E-state index contributed by atoms with van der Waals surface area (Å²) in [6.45, 7) is -0.258. The van der Waals surface area contributed by atoms with E-state index in [0.717, 1.165) is 5.56 Å². The molecule has 3 rings (SSSR count). The van der Waals surface area contributed by atoms with Gasteiger partial charge in [-0.25, -0.2) is 0 Å². The Bertz CT molecular complexity index is 811. The fourth-order valence-corrected chi connectivity index (χ4v) is 3.59. The molecule has 0 saturated heterocycles. The number of alkyl halides is 3. The summed E-state index contributed by atoms with van der Waals surface area (Å²) >= 11 is 0. The molecule has 0 bridgehead atoms. The molecule has 158 valence electrons.